The standard InChI is InChI=1S/C12H19N3S/c1-2-3-4-11-9(6-8-16-11)10-5-7-14-12(13)15-10/h6,8,10H,2-5,7H2,1H3,(H3,13,14,15). The van der Waals surface area contributed by atoms with E-state index in [9.17, 15) is 0 Å². The van der Waals surface area contributed by atoms with Gasteiger partial charge in [-0.05, 0) is 36.3 Å². The van der Waals surface area contributed by atoms with Crippen molar-refractivity contribution in [2.75, 3.05) is 6.54 Å². The molecular weight excluding hydrogens is 218 g/mol. The largest absolute Gasteiger partial charge is 0.370 e. The monoisotopic (exact) mass is 237 g/mol. The van der Waals surface area contributed by atoms with Gasteiger partial charge in [0.2, 0.25) is 0 Å². The van der Waals surface area contributed by atoms with Crippen LogP contribution in [-0.4, -0.2) is 12.5 Å². The van der Waals surface area contributed by atoms with Crippen molar-refractivity contribution in [3.05, 3.63) is 21.9 Å². The van der Waals surface area contributed by atoms with Crippen molar-refractivity contribution in [1.29, 1.82) is 0 Å². The Balaban J connectivity index is 2.13. The summed E-state index contributed by atoms with van der Waals surface area (Å²) in [6.07, 6.45) is 4.74. The fraction of sp³-hybridized carbons (Fsp3) is 0.583. The molecule has 0 aliphatic carbocycles. The predicted molar refractivity (Wildman–Crippen MR) is 69.9 cm³/mol. The summed E-state index contributed by atoms with van der Waals surface area (Å²) in [4.78, 5) is 5.97. The number of aryl methyl sites for hydroxylation is 1. The van der Waals surface area contributed by atoms with Crippen LogP contribution in [0.5, 0.6) is 0 Å². The molecule has 1 aliphatic heterocycles. The van der Waals surface area contributed by atoms with Gasteiger partial charge in [-0.3, -0.25) is 0 Å². The second kappa shape index (κ2) is 5.34. The van der Waals surface area contributed by atoms with Gasteiger partial charge in [0.25, 0.3) is 0 Å². The van der Waals surface area contributed by atoms with E-state index < -0.39 is 0 Å². The van der Waals surface area contributed by atoms with Gasteiger partial charge in [-0.1, -0.05) is 13.3 Å². The fourth-order valence-corrected chi connectivity index (χ4v) is 3.01. The maximum Gasteiger partial charge on any atom is 0.189 e. The molecule has 0 aromatic carbocycles. The average molecular weight is 237 g/mol. The molecule has 4 heteroatoms. The van der Waals surface area contributed by atoms with E-state index in [1.165, 1.54) is 29.7 Å². The van der Waals surface area contributed by atoms with Gasteiger partial charge in [-0.25, -0.2) is 4.99 Å². The summed E-state index contributed by atoms with van der Waals surface area (Å²) in [5, 5.41) is 5.24. The highest BCUT2D eigenvalue weighted by Gasteiger charge is 2.18. The number of nitrogens with one attached hydrogen (secondary N) is 1. The van der Waals surface area contributed by atoms with Gasteiger partial charge in [0.1, 0.15) is 0 Å². The molecular formula is C12H19N3S. The van der Waals surface area contributed by atoms with Crippen LogP contribution in [0.3, 0.4) is 0 Å². The van der Waals surface area contributed by atoms with E-state index in [0.29, 0.717) is 5.96 Å². The molecule has 3 N–H and O–H groups in total. The van der Waals surface area contributed by atoms with E-state index in [0.717, 1.165) is 13.0 Å². The molecule has 0 saturated heterocycles. The van der Waals surface area contributed by atoms with E-state index >= 15 is 0 Å². The molecule has 1 aromatic rings. The molecule has 16 heavy (non-hydrogen) atoms. The molecule has 0 spiro atoms. The van der Waals surface area contributed by atoms with Crippen LogP contribution in [0.1, 0.15) is 42.7 Å². The van der Waals surface area contributed by atoms with Crippen molar-refractivity contribution < 1.29 is 0 Å². The van der Waals surface area contributed by atoms with Crippen molar-refractivity contribution in [3.8, 4) is 0 Å². The van der Waals surface area contributed by atoms with Crippen LogP contribution >= 0.6 is 11.3 Å². The Kier molecular flexibility index (Phi) is 3.83. The highest BCUT2D eigenvalue weighted by Crippen LogP contribution is 2.30. The van der Waals surface area contributed by atoms with Gasteiger partial charge in [0, 0.05) is 11.4 Å². The number of guanidine groups is 1. The molecule has 0 radical (unpaired) electrons. The first kappa shape index (κ1) is 11.5. The Morgan fingerprint density at radius 1 is 1.62 bits per heavy atom. The number of rotatable bonds is 4. The average Bonchev–Trinajstić information content (AvgIpc) is 2.74. The lowest BCUT2D eigenvalue weighted by molar-refractivity contribution is 0.597. The van der Waals surface area contributed by atoms with Gasteiger partial charge in [-0.2, -0.15) is 0 Å². The highest BCUT2D eigenvalue weighted by atomic mass is 32.1. The number of hydrogen-bond donors (Lipinski definition) is 2. The van der Waals surface area contributed by atoms with E-state index in [4.69, 9.17) is 5.73 Å². The van der Waals surface area contributed by atoms with Crippen LogP contribution in [0, 0.1) is 0 Å². The van der Waals surface area contributed by atoms with Gasteiger partial charge in [-0.15, -0.1) is 11.3 Å². The molecule has 88 valence electrons. The Labute approximate surface area is 101 Å². The Morgan fingerprint density at radius 3 is 3.25 bits per heavy atom. The van der Waals surface area contributed by atoms with Crippen LogP contribution in [-0.2, 0) is 6.42 Å². The molecule has 2 rings (SSSR count). The van der Waals surface area contributed by atoms with Crippen LogP contribution in [0.2, 0.25) is 0 Å². The molecule has 1 aromatic heterocycles. The minimum atomic E-state index is 0.277. The number of thiophene rings is 1. The number of nitrogens with zero attached hydrogens (tertiary/aromatic N) is 1. The molecule has 3 nitrogen and oxygen atoms in total. The molecule has 1 atom stereocenters. The summed E-state index contributed by atoms with van der Waals surface area (Å²) >= 11 is 1.85. The first-order valence-corrected chi connectivity index (χ1v) is 6.82. The fourth-order valence-electron chi connectivity index (χ4n) is 2.03. The SMILES string of the molecule is CCCCc1sccc1C1CCNC(N)=N1. The second-order valence-electron chi connectivity index (χ2n) is 4.15. The Morgan fingerprint density at radius 2 is 2.50 bits per heavy atom. The van der Waals surface area contributed by atoms with Crippen molar-refractivity contribution in [2.45, 2.75) is 38.6 Å². The van der Waals surface area contributed by atoms with Crippen LogP contribution in [0.15, 0.2) is 16.4 Å². The van der Waals surface area contributed by atoms with Crippen LogP contribution in [0.4, 0.5) is 0 Å². The summed E-state index contributed by atoms with van der Waals surface area (Å²) in [5.74, 6) is 0.587. The van der Waals surface area contributed by atoms with E-state index in [2.05, 4.69) is 28.7 Å². The van der Waals surface area contributed by atoms with Gasteiger partial charge in [0.15, 0.2) is 5.96 Å². The molecule has 0 bridgehead atoms. The van der Waals surface area contributed by atoms with Crippen molar-refractivity contribution in [2.24, 2.45) is 10.7 Å². The lowest BCUT2D eigenvalue weighted by Gasteiger charge is -2.20. The summed E-state index contributed by atoms with van der Waals surface area (Å²) in [6.45, 7) is 3.16. The summed E-state index contributed by atoms with van der Waals surface area (Å²) in [5.41, 5.74) is 7.12. The zero-order chi connectivity index (χ0) is 11.4. The molecule has 0 fully saturated rings. The highest BCUT2D eigenvalue weighted by molar-refractivity contribution is 7.10. The zero-order valence-corrected chi connectivity index (χ0v) is 10.5. The third kappa shape index (κ3) is 2.55. The van der Waals surface area contributed by atoms with Crippen LogP contribution in [0.25, 0.3) is 0 Å². The zero-order valence-electron chi connectivity index (χ0n) is 9.70. The third-order valence-corrected chi connectivity index (χ3v) is 3.91. The molecule has 2 heterocycles. The summed E-state index contributed by atoms with van der Waals surface area (Å²) in [6, 6.07) is 2.49. The molecule has 1 unspecified atom stereocenters. The maximum absolute atomic E-state index is 5.72. The smallest absolute Gasteiger partial charge is 0.189 e. The number of aliphatic imine (C=N–C) groups is 1. The number of nitrogens with two attached hydrogens (primary N) is 1. The van der Waals surface area contributed by atoms with Gasteiger partial charge in [0.05, 0.1) is 6.04 Å². The lowest BCUT2D eigenvalue weighted by atomic mass is 10.0. The topological polar surface area (TPSA) is 50.4 Å². The lowest BCUT2D eigenvalue weighted by Crippen LogP contribution is -2.36. The Bertz CT molecular complexity index is 370. The number of unbranched alkanes of at least 4 members (excludes halogenated alkanes) is 1. The van der Waals surface area contributed by atoms with E-state index in [1.807, 2.05) is 11.3 Å². The quantitative estimate of drug-likeness (QED) is 0.845. The molecule has 0 amide bonds. The summed E-state index contributed by atoms with van der Waals surface area (Å²) in [7, 11) is 0. The second-order valence-corrected chi connectivity index (χ2v) is 5.15. The van der Waals surface area contributed by atoms with Gasteiger partial charge >= 0.3 is 0 Å². The maximum atomic E-state index is 5.72. The van der Waals surface area contributed by atoms with E-state index in [1.54, 1.807) is 0 Å². The summed E-state index contributed by atoms with van der Waals surface area (Å²) < 4.78 is 0. The first-order valence-electron chi connectivity index (χ1n) is 5.94. The Hall–Kier alpha value is -1.03. The van der Waals surface area contributed by atoms with Crippen molar-refractivity contribution >= 4 is 17.3 Å². The normalized spacial score (nSPS) is 20.3. The van der Waals surface area contributed by atoms with Crippen molar-refractivity contribution in [1.82, 2.24) is 5.32 Å². The predicted octanol–water partition coefficient (Wildman–Crippen LogP) is 2.44. The molecule has 0 saturated carbocycles. The van der Waals surface area contributed by atoms with E-state index in [-0.39, 0.29) is 6.04 Å². The van der Waals surface area contributed by atoms with Gasteiger partial charge < -0.3 is 11.1 Å². The van der Waals surface area contributed by atoms with Crippen LogP contribution < -0.4 is 11.1 Å². The third-order valence-electron chi connectivity index (χ3n) is 2.92. The minimum absolute atomic E-state index is 0.277. The van der Waals surface area contributed by atoms with Crippen molar-refractivity contribution in [3.63, 3.8) is 0 Å². The molecule has 1 aliphatic rings. The minimum Gasteiger partial charge on any atom is -0.370 e. The number of hydrogen-bond acceptors (Lipinski definition) is 4. The first-order chi connectivity index (χ1) is 7.81.